The van der Waals surface area contributed by atoms with Gasteiger partial charge in [-0.15, -0.1) is 0 Å². The highest BCUT2D eigenvalue weighted by atomic mass is 19.1. The van der Waals surface area contributed by atoms with Crippen molar-refractivity contribution in [3.63, 3.8) is 0 Å². The lowest BCUT2D eigenvalue weighted by molar-refractivity contribution is 0.0512. The molecule has 0 unspecified atom stereocenters. The molecule has 3 aromatic rings. The molecule has 0 aliphatic heterocycles. The van der Waals surface area contributed by atoms with E-state index in [1.54, 1.807) is 26.0 Å². The van der Waals surface area contributed by atoms with Crippen molar-refractivity contribution in [3.05, 3.63) is 41.6 Å². The second-order valence-corrected chi connectivity index (χ2v) is 4.70. The molecule has 1 N–H and O–H groups in total. The van der Waals surface area contributed by atoms with Gasteiger partial charge in [0.05, 0.1) is 12.3 Å². The first kappa shape index (κ1) is 14.9. The molecule has 3 rings (SSSR count). The monoisotopic (exact) mass is 316 g/mol. The fourth-order valence-corrected chi connectivity index (χ4v) is 2.07. The Morgan fingerprint density at radius 1 is 1.39 bits per heavy atom. The van der Waals surface area contributed by atoms with Gasteiger partial charge in [0.25, 0.3) is 5.71 Å². The predicted octanol–water partition coefficient (Wildman–Crippen LogP) is 2.99. The van der Waals surface area contributed by atoms with Gasteiger partial charge < -0.3 is 14.6 Å². The van der Waals surface area contributed by atoms with Crippen molar-refractivity contribution < 1.29 is 18.4 Å². The molecule has 0 bridgehead atoms. The Hall–Kier alpha value is -3.03. The summed E-state index contributed by atoms with van der Waals surface area (Å²) in [6, 6.07) is 5.86. The van der Waals surface area contributed by atoms with Gasteiger partial charge in [0.15, 0.2) is 0 Å². The molecular weight excluding hydrogens is 303 g/mol. The predicted molar refractivity (Wildman–Crippen MR) is 80.0 cm³/mol. The Balaban J connectivity index is 2.09. The molecule has 23 heavy (non-hydrogen) atoms. The van der Waals surface area contributed by atoms with Gasteiger partial charge in [-0.25, -0.2) is 14.2 Å². The van der Waals surface area contributed by atoms with E-state index in [2.05, 4.69) is 20.4 Å². The molecule has 2 heterocycles. The SMILES string of the molecule is CCOC(=O)c1nc(Nc2cccc(F)c2)c2c(C)noc2n1. The number of hydrogen-bond donors (Lipinski definition) is 1. The highest BCUT2D eigenvalue weighted by Crippen LogP contribution is 2.27. The van der Waals surface area contributed by atoms with E-state index in [-0.39, 0.29) is 18.1 Å². The number of esters is 1. The lowest BCUT2D eigenvalue weighted by Gasteiger charge is -2.08. The molecule has 8 heteroatoms. The van der Waals surface area contributed by atoms with Crippen LogP contribution in [0, 0.1) is 12.7 Å². The van der Waals surface area contributed by atoms with Crippen LogP contribution in [0.4, 0.5) is 15.9 Å². The van der Waals surface area contributed by atoms with E-state index in [9.17, 15) is 9.18 Å². The van der Waals surface area contributed by atoms with Gasteiger partial charge in [-0.1, -0.05) is 11.2 Å². The number of hydrogen-bond acceptors (Lipinski definition) is 7. The zero-order valence-corrected chi connectivity index (χ0v) is 12.5. The summed E-state index contributed by atoms with van der Waals surface area (Å²) in [6.45, 7) is 3.60. The number of halogens is 1. The third-order valence-corrected chi connectivity index (χ3v) is 3.05. The van der Waals surface area contributed by atoms with E-state index in [0.29, 0.717) is 22.6 Å². The minimum absolute atomic E-state index is 0.152. The quantitative estimate of drug-likeness (QED) is 0.740. The summed E-state index contributed by atoms with van der Waals surface area (Å²) in [5, 5.41) is 7.29. The van der Waals surface area contributed by atoms with E-state index in [0.717, 1.165) is 0 Å². The molecule has 2 aromatic heterocycles. The molecule has 0 saturated carbocycles. The topological polar surface area (TPSA) is 90.1 Å². The van der Waals surface area contributed by atoms with Crippen LogP contribution in [0.1, 0.15) is 23.2 Å². The van der Waals surface area contributed by atoms with Gasteiger partial charge in [0.1, 0.15) is 17.0 Å². The van der Waals surface area contributed by atoms with Crippen molar-refractivity contribution in [2.75, 3.05) is 11.9 Å². The maximum atomic E-state index is 13.3. The number of benzene rings is 1. The summed E-state index contributed by atoms with van der Waals surface area (Å²) in [4.78, 5) is 20.0. The minimum atomic E-state index is -0.675. The Labute approximate surface area is 130 Å². The third-order valence-electron chi connectivity index (χ3n) is 3.05. The van der Waals surface area contributed by atoms with Crippen molar-refractivity contribution in [1.29, 1.82) is 0 Å². The van der Waals surface area contributed by atoms with Crippen molar-refractivity contribution in [2.45, 2.75) is 13.8 Å². The Bertz CT molecular complexity index is 878. The van der Waals surface area contributed by atoms with E-state index in [4.69, 9.17) is 9.26 Å². The first-order valence-corrected chi connectivity index (χ1v) is 6.92. The number of fused-ring (bicyclic) bond motifs is 1. The minimum Gasteiger partial charge on any atom is -0.460 e. The maximum Gasteiger partial charge on any atom is 0.376 e. The van der Waals surface area contributed by atoms with Gasteiger partial charge in [-0.2, -0.15) is 4.98 Å². The average Bonchev–Trinajstić information content (AvgIpc) is 2.89. The molecule has 0 saturated heterocycles. The second kappa shape index (κ2) is 5.99. The number of ether oxygens (including phenoxy) is 1. The van der Waals surface area contributed by atoms with E-state index < -0.39 is 11.8 Å². The molecule has 0 spiro atoms. The molecule has 118 valence electrons. The van der Waals surface area contributed by atoms with Crippen LogP contribution in [0.3, 0.4) is 0 Å². The van der Waals surface area contributed by atoms with Crippen LogP contribution in [-0.4, -0.2) is 27.7 Å². The van der Waals surface area contributed by atoms with Crippen molar-refractivity contribution in [1.82, 2.24) is 15.1 Å². The third kappa shape index (κ3) is 2.96. The number of carbonyl (C=O) groups excluding carboxylic acids is 1. The lowest BCUT2D eigenvalue weighted by atomic mass is 10.2. The van der Waals surface area contributed by atoms with Gasteiger partial charge >= 0.3 is 5.97 Å². The van der Waals surface area contributed by atoms with Gasteiger partial charge in [0.2, 0.25) is 5.82 Å². The molecule has 7 nitrogen and oxygen atoms in total. The highest BCUT2D eigenvalue weighted by Gasteiger charge is 2.19. The Morgan fingerprint density at radius 3 is 2.96 bits per heavy atom. The van der Waals surface area contributed by atoms with Crippen LogP contribution < -0.4 is 5.32 Å². The van der Waals surface area contributed by atoms with Crippen LogP contribution in [0.15, 0.2) is 28.8 Å². The number of rotatable bonds is 4. The number of aromatic nitrogens is 3. The summed E-state index contributed by atoms with van der Waals surface area (Å²) in [5.74, 6) is -0.935. The summed E-state index contributed by atoms with van der Waals surface area (Å²) < 4.78 is 23.3. The number of carbonyl (C=O) groups is 1. The molecule has 0 aliphatic carbocycles. The zero-order valence-electron chi connectivity index (χ0n) is 12.5. The molecule has 0 atom stereocenters. The molecule has 0 fully saturated rings. The van der Waals surface area contributed by atoms with Crippen molar-refractivity contribution in [2.24, 2.45) is 0 Å². The molecular formula is C15H13FN4O3. The largest absolute Gasteiger partial charge is 0.460 e. The fraction of sp³-hybridized carbons (Fsp3) is 0.200. The summed E-state index contributed by atoms with van der Waals surface area (Å²) in [5.41, 5.74) is 1.18. The summed E-state index contributed by atoms with van der Waals surface area (Å²) >= 11 is 0. The van der Waals surface area contributed by atoms with Crippen LogP contribution in [0.2, 0.25) is 0 Å². The van der Waals surface area contributed by atoms with Crippen LogP contribution >= 0.6 is 0 Å². The van der Waals surface area contributed by atoms with Gasteiger partial charge in [0, 0.05) is 5.69 Å². The number of nitrogens with one attached hydrogen (secondary N) is 1. The number of nitrogens with zero attached hydrogens (tertiary/aromatic N) is 3. The average molecular weight is 316 g/mol. The zero-order chi connectivity index (χ0) is 16.4. The first-order chi connectivity index (χ1) is 11.1. The fourth-order valence-electron chi connectivity index (χ4n) is 2.07. The normalized spacial score (nSPS) is 10.7. The summed E-state index contributed by atoms with van der Waals surface area (Å²) in [6.07, 6.45) is 0. The van der Waals surface area contributed by atoms with Crippen molar-refractivity contribution >= 4 is 28.6 Å². The molecule has 0 amide bonds. The van der Waals surface area contributed by atoms with E-state index >= 15 is 0 Å². The maximum absolute atomic E-state index is 13.3. The number of aryl methyl sites for hydroxylation is 1. The molecule has 0 radical (unpaired) electrons. The van der Waals surface area contributed by atoms with Crippen LogP contribution in [0.5, 0.6) is 0 Å². The standard InChI is InChI=1S/C15H13FN4O3/c1-3-22-15(21)13-18-12(11-8(2)20-23-14(11)19-13)17-10-6-4-5-9(16)7-10/h4-7H,3H2,1-2H3,(H,17,18,19). The highest BCUT2D eigenvalue weighted by molar-refractivity contribution is 5.94. The Kier molecular flexibility index (Phi) is 3.88. The van der Waals surface area contributed by atoms with Crippen LogP contribution in [-0.2, 0) is 4.74 Å². The molecule has 1 aromatic carbocycles. The summed E-state index contributed by atoms with van der Waals surface area (Å²) in [7, 11) is 0. The first-order valence-electron chi connectivity index (χ1n) is 6.92. The molecule has 0 aliphatic rings. The van der Waals surface area contributed by atoms with Crippen LogP contribution in [0.25, 0.3) is 11.1 Å². The smallest absolute Gasteiger partial charge is 0.376 e. The second-order valence-electron chi connectivity index (χ2n) is 4.70. The Morgan fingerprint density at radius 2 is 2.22 bits per heavy atom. The van der Waals surface area contributed by atoms with E-state index in [1.165, 1.54) is 12.1 Å². The van der Waals surface area contributed by atoms with E-state index in [1.807, 2.05) is 0 Å². The van der Waals surface area contributed by atoms with Crippen molar-refractivity contribution in [3.8, 4) is 0 Å². The van der Waals surface area contributed by atoms with Gasteiger partial charge in [-0.05, 0) is 32.0 Å². The van der Waals surface area contributed by atoms with Gasteiger partial charge in [-0.3, -0.25) is 0 Å². The number of anilines is 2. The lowest BCUT2D eigenvalue weighted by Crippen LogP contribution is -2.11.